The minimum absolute atomic E-state index is 0.0176. The molecule has 2 atom stereocenters. The fraction of sp³-hybridized carbons (Fsp3) is 0.444. The van der Waals surface area contributed by atoms with Crippen molar-refractivity contribution in [1.82, 2.24) is 9.55 Å². The van der Waals surface area contributed by atoms with Crippen LogP contribution in [0.3, 0.4) is 0 Å². The zero-order valence-electron chi connectivity index (χ0n) is 21.5. The highest BCUT2D eigenvalue weighted by atomic mass is 16.6. The van der Waals surface area contributed by atoms with Gasteiger partial charge in [-0.1, -0.05) is 29.4 Å². The summed E-state index contributed by atoms with van der Waals surface area (Å²) in [4.78, 5) is 27.5. The van der Waals surface area contributed by atoms with Crippen molar-refractivity contribution < 1.29 is 14.8 Å². The number of likely N-dealkylation sites (tertiary alicyclic amines) is 1. The normalized spacial score (nSPS) is 21.8. The lowest BCUT2D eigenvalue weighted by Crippen LogP contribution is -2.57. The molecular formula is C27H37N7O4. The minimum atomic E-state index is -0.873. The molecule has 2 aliphatic rings. The maximum absolute atomic E-state index is 14.7. The number of fused-ring (bicyclic) bond motifs is 1. The quantitative estimate of drug-likeness (QED) is 0.0825. The van der Waals surface area contributed by atoms with Crippen LogP contribution in [0.25, 0.3) is 0 Å². The fourth-order valence-electron chi connectivity index (χ4n) is 5.50. The Balaban J connectivity index is 1.61. The second-order valence-electron chi connectivity index (χ2n) is 10.1. The van der Waals surface area contributed by atoms with Crippen molar-refractivity contribution in [1.29, 1.82) is 0 Å². The number of rotatable bonds is 9. The number of amides is 2. The number of hydrogen-bond acceptors (Lipinski definition) is 7. The molecule has 11 heteroatoms. The van der Waals surface area contributed by atoms with E-state index in [0.29, 0.717) is 48.9 Å². The Kier molecular flexibility index (Phi) is 8.62. The van der Waals surface area contributed by atoms with Gasteiger partial charge in [0.2, 0.25) is 5.91 Å². The number of carbonyl (C=O) groups is 2. The zero-order chi connectivity index (χ0) is 27.3. The van der Waals surface area contributed by atoms with Crippen LogP contribution in [0.15, 0.2) is 47.6 Å². The van der Waals surface area contributed by atoms with Gasteiger partial charge in [0.05, 0.1) is 0 Å². The number of benzene rings is 2. The maximum atomic E-state index is 14.7. The Morgan fingerprint density at radius 3 is 2.45 bits per heavy atom. The van der Waals surface area contributed by atoms with E-state index >= 15 is 0 Å². The van der Waals surface area contributed by atoms with Crippen LogP contribution in [0, 0.1) is 11.1 Å². The summed E-state index contributed by atoms with van der Waals surface area (Å²) in [6.07, 6.45) is 3.23. The minimum Gasteiger partial charge on any atom is -0.627 e. The highest BCUT2D eigenvalue weighted by molar-refractivity contribution is 5.98. The Labute approximate surface area is 222 Å². The van der Waals surface area contributed by atoms with Crippen molar-refractivity contribution >= 4 is 29.0 Å². The van der Waals surface area contributed by atoms with E-state index in [0.717, 1.165) is 30.4 Å². The van der Waals surface area contributed by atoms with Crippen molar-refractivity contribution in [2.75, 3.05) is 31.5 Å². The van der Waals surface area contributed by atoms with Gasteiger partial charge in [-0.15, -0.1) is 0 Å². The molecule has 4 rings (SSSR count). The number of quaternary nitrogens is 1. The van der Waals surface area contributed by atoms with Crippen molar-refractivity contribution in [2.24, 2.45) is 28.3 Å². The van der Waals surface area contributed by atoms with Gasteiger partial charge in [-0.25, -0.2) is 0 Å². The molecule has 2 aromatic rings. The van der Waals surface area contributed by atoms with Gasteiger partial charge < -0.3 is 42.5 Å². The van der Waals surface area contributed by atoms with Gasteiger partial charge in [0.25, 0.3) is 5.91 Å². The number of oxime groups is 1. The van der Waals surface area contributed by atoms with Crippen molar-refractivity contribution in [3.63, 3.8) is 0 Å². The van der Waals surface area contributed by atoms with Crippen LogP contribution in [0.5, 0.6) is 0 Å². The smallest absolute Gasteiger partial charge is 0.282 e. The number of nitrogens with zero attached hydrogens (tertiary/aromatic N) is 3. The number of amidine groups is 1. The predicted molar refractivity (Wildman–Crippen MR) is 147 cm³/mol. The predicted octanol–water partition coefficient (Wildman–Crippen LogP) is 1.59. The third kappa shape index (κ3) is 5.81. The number of anilines is 1. The fourth-order valence-corrected chi connectivity index (χ4v) is 5.50. The highest BCUT2D eigenvalue weighted by Gasteiger charge is 2.47. The zero-order valence-corrected chi connectivity index (χ0v) is 21.5. The van der Waals surface area contributed by atoms with Gasteiger partial charge in [0, 0.05) is 60.9 Å². The summed E-state index contributed by atoms with van der Waals surface area (Å²) in [7, 11) is 0. The Morgan fingerprint density at radius 2 is 1.82 bits per heavy atom. The third-order valence-corrected chi connectivity index (χ3v) is 7.63. The van der Waals surface area contributed by atoms with Crippen molar-refractivity contribution in [3.05, 3.63) is 64.4 Å². The van der Waals surface area contributed by atoms with Crippen LogP contribution in [0.2, 0.25) is 0 Å². The summed E-state index contributed by atoms with van der Waals surface area (Å²) < 4.78 is -0.873. The molecule has 2 aliphatic heterocycles. The van der Waals surface area contributed by atoms with E-state index in [9.17, 15) is 14.8 Å². The molecule has 2 unspecified atom stereocenters. The van der Waals surface area contributed by atoms with Gasteiger partial charge in [-0.05, 0) is 43.9 Å². The van der Waals surface area contributed by atoms with Gasteiger partial charge in [-0.2, -0.15) is 0 Å². The number of hydrogen-bond donors (Lipinski definition) is 5. The largest absolute Gasteiger partial charge is 0.627 e. The molecule has 0 aromatic heterocycles. The monoisotopic (exact) mass is 523 g/mol. The standard InChI is InChI=1S/C27H37N7O4/c28-11-7-18-9-13-33(14-10-18)27(36)24-15-20-3-4-21(26(30)32-37)16-23(20)34(24,38)17-19-1-5-22(6-2-19)31-25(35)8-12-29/h1-6,16,18,24,37H,7-15,17,28-29H2,(H2,30,32)(H,31,35). The van der Waals surface area contributed by atoms with Crippen LogP contribution in [0.4, 0.5) is 11.4 Å². The summed E-state index contributed by atoms with van der Waals surface area (Å²) in [6, 6.07) is 11.3. The van der Waals surface area contributed by atoms with E-state index in [2.05, 4.69) is 10.5 Å². The lowest BCUT2D eigenvalue weighted by Gasteiger charge is -2.45. The topological polar surface area (TPSA) is 183 Å². The summed E-state index contributed by atoms with van der Waals surface area (Å²) in [5.41, 5.74) is 19.9. The first kappa shape index (κ1) is 27.5. The van der Waals surface area contributed by atoms with Gasteiger partial charge in [0.15, 0.2) is 11.9 Å². The summed E-state index contributed by atoms with van der Waals surface area (Å²) in [5.74, 6) is 0.0631. The first-order chi connectivity index (χ1) is 18.3. The molecule has 0 spiro atoms. The van der Waals surface area contributed by atoms with E-state index in [1.165, 1.54) is 0 Å². The molecule has 0 radical (unpaired) electrons. The second-order valence-corrected chi connectivity index (χ2v) is 10.1. The summed E-state index contributed by atoms with van der Waals surface area (Å²) in [5, 5.41) is 29.7. The SMILES string of the molecule is NCCC(=O)Nc1ccc(C[N+]2([O-])c3cc(/C(N)=N\O)ccc3CC2C(=O)N2CCC(CCN)CC2)cc1. The van der Waals surface area contributed by atoms with E-state index in [4.69, 9.17) is 22.4 Å². The van der Waals surface area contributed by atoms with Crippen LogP contribution >= 0.6 is 0 Å². The van der Waals surface area contributed by atoms with Gasteiger partial charge in [0.1, 0.15) is 12.2 Å². The summed E-state index contributed by atoms with van der Waals surface area (Å²) in [6.45, 7) is 2.14. The number of piperidine rings is 1. The first-order valence-corrected chi connectivity index (χ1v) is 13.1. The van der Waals surface area contributed by atoms with Crippen LogP contribution in [0.1, 0.15) is 42.4 Å². The first-order valence-electron chi connectivity index (χ1n) is 13.1. The molecule has 204 valence electrons. The molecule has 0 aliphatic carbocycles. The number of nitrogens with two attached hydrogens (primary N) is 3. The van der Waals surface area contributed by atoms with Crippen LogP contribution in [-0.4, -0.2) is 60.0 Å². The van der Waals surface area contributed by atoms with Crippen LogP contribution < -0.4 is 27.2 Å². The van der Waals surface area contributed by atoms with Crippen LogP contribution in [-0.2, 0) is 22.6 Å². The highest BCUT2D eigenvalue weighted by Crippen LogP contribution is 2.42. The molecule has 2 aromatic carbocycles. The number of nitrogens with one attached hydrogen (secondary N) is 1. The van der Waals surface area contributed by atoms with Crippen molar-refractivity contribution in [3.8, 4) is 0 Å². The molecule has 38 heavy (non-hydrogen) atoms. The van der Waals surface area contributed by atoms with Gasteiger partial charge >= 0.3 is 0 Å². The Morgan fingerprint density at radius 1 is 1.11 bits per heavy atom. The molecule has 1 fully saturated rings. The molecular weight excluding hydrogens is 486 g/mol. The molecule has 2 heterocycles. The molecule has 1 saturated heterocycles. The lowest BCUT2D eigenvalue weighted by atomic mass is 9.93. The number of carbonyl (C=O) groups excluding carboxylic acids is 2. The molecule has 8 N–H and O–H groups in total. The van der Waals surface area contributed by atoms with E-state index in [-0.39, 0.29) is 37.2 Å². The Hall–Kier alpha value is -3.51. The van der Waals surface area contributed by atoms with E-state index in [1.807, 2.05) is 4.90 Å². The molecule has 0 saturated carbocycles. The van der Waals surface area contributed by atoms with E-state index in [1.54, 1.807) is 42.5 Å². The lowest BCUT2D eigenvalue weighted by molar-refractivity contribution is -0.137. The molecule has 0 bridgehead atoms. The average Bonchev–Trinajstić information content (AvgIpc) is 3.21. The second kappa shape index (κ2) is 11.9. The molecule has 2 amide bonds. The summed E-state index contributed by atoms with van der Waals surface area (Å²) >= 11 is 0. The molecule has 11 nitrogen and oxygen atoms in total. The maximum Gasteiger partial charge on any atom is 0.282 e. The average molecular weight is 524 g/mol. The van der Waals surface area contributed by atoms with Gasteiger partial charge in [-0.3, -0.25) is 9.59 Å². The van der Waals surface area contributed by atoms with E-state index < -0.39 is 10.7 Å². The van der Waals surface area contributed by atoms with Crippen molar-refractivity contribution in [2.45, 2.75) is 44.7 Å². The third-order valence-electron chi connectivity index (χ3n) is 7.63. The number of hydroxylamine groups is 2. The Bertz CT molecular complexity index is 1180.